The van der Waals surface area contributed by atoms with Gasteiger partial charge in [0, 0.05) is 17.6 Å². The van der Waals surface area contributed by atoms with Gasteiger partial charge in [0.05, 0.1) is 20.3 Å². The predicted molar refractivity (Wildman–Crippen MR) is 137 cm³/mol. The number of methoxy groups -OCH3 is 2. The number of hydrogen-bond donors (Lipinski definition) is 1. The van der Waals surface area contributed by atoms with Crippen molar-refractivity contribution in [2.45, 2.75) is 91.3 Å². The van der Waals surface area contributed by atoms with Crippen molar-refractivity contribution < 1.29 is 24.1 Å². The van der Waals surface area contributed by atoms with Crippen molar-refractivity contribution in [2.75, 3.05) is 14.2 Å². The highest BCUT2D eigenvalue weighted by Gasteiger charge is 2.40. The molecule has 5 heteroatoms. The molecule has 5 nitrogen and oxygen atoms in total. The highest BCUT2D eigenvalue weighted by atomic mass is 16.5. The van der Waals surface area contributed by atoms with E-state index in [9.17, 15) is 9.90 Å². The summed E-state index contributed by atoms with van der Waals surface area (Å²) in [7, 11) is 3.08. The fraction of sp³-hybridized carbons (Fsp3) is 0.552. The monoisotopic (exact) mass is 470 g/mol. The van der Waals surface area contributed by atoms with Crippen LogP contribution in [0.2, 0.25) is 0 Å². The molecule has 0 saturated carbocycles. The molecule has 0 aromatic heterocycles. The van der Waals surface area contributed by atoms with Crippen LogP contribution in [-0.4, -0.2) is 37.0 Å². The number of aliphatic hydroxyl groups is 1. The Kier molecular flexibility index (Phi) is 10.4. The molecule has 188 valence electrons. The number of aliphatic hydroxyl groups excluding tert-OH is 1. The van der Waals surface area contributed by atoms with Gasteiger partial charge in [0.15, 0.2) is 0 Å². The molecule has 0 fully saturated rings. The molecule has 34 heavy (non-hydrogen) atoms. The zero-order chi connectivity index (χ0) is 25.3. The minimum Gasteiger partial charge on any atom is -0.497 e. The molecule has 1 aliphatic rings. The van der Waals surface area contributed by atoms with E-state index in [1.165, 1.54) is 18.3 Å². The van der Waals surface area contributed by atoms with E-state index in [1.807, 2.05) is 32.1 Å². The molecule has 0 aliphatic carbocycles. The van der Waals surface area contributed by atoms with E-state index < -0.39 is 11.7 Å². The van der Waals surface area contributed by atoms with Crippen LogP contribution in [0.1, 0.15) is 77.3 Å². The summed E-state index contributed by atoms with van der Waals surface area (Å²) in [4.78, 5) is 12.1. The third-order valence-corrected chi connectivity index (χ3v) is 6.49. The van der Waals surface area contributed by atoms with E-state index in [2.05, 4.69) is 32.9 Å². The van der Waals surface area contributed by atoms with Crippen molar-refractivity contribution in [3.8, 4) is 11.5 Å². The molecule has 1 aromatic carbocycles. The molecular weight excluding hydrogens is 428 g/mol. The van der Waals surface area contributed by atoms with Crippen LogP contribution >= 0.6 is 0 Å². The van der Waals surface area contributed by atoms with E-state index in [1.54, 1.807) is 7.11 Å². The Labute approximate surface area is 205 Å². The van der Waals surface area contributed by atoms with Crippen LogP contribution in [0.4, 0.5) is 0 Å². The van der Waals surface area contributed by atoms with Gasteiger partial charge >= 0.3 is 5.97 Å². The van der Waals surface area contributed by atoms with Crippen LogP contribution in [0.25, 0.3) is 0 Å². The predicted octanol–water partition coefficient (Wildman–Crippen LogP) is 6.41. The first-order chi connectivity index (χ1) is 16.1. The highest BCUT2D eigenvalue weighted by Crippen LogP contribution is 2.40. The second-order valence-electron chi connectivity index (χ2n) is 9.74. The van der Waals surface area contributed by atoms with Gasteiger partial charge in [-0.25, -0.2) is 4.79 Å². The van der Waals surface area contributed by atoms with Gasteiger partial charge in [0.1, 0.15) is 17.1 Å². The van der Waals surface area contributed by atoms with Crippen LogP contribution in [0.15, 0.2) is 47.1 Å². The number of benzene rings is 1. The summed E-state index contributed by atoms with van der Waals surface area (Å²) in [5.41, 5.74) is 4.64. The smallest absolute Gasteiger partial charge is 0.333 e. The number of rotatable bonds is 11. The molecule has 1 heterocycles. The lowest BCUT2D eigenvalue weighted by Gasteiger charge is -2.40. The van der Waals surface area contributed by atoms with Crippen LogP contribution in [0.5, 0.6) is 11.5 Å². The van der Waals surface area contributed by atoms with Gasteiger partial charge in [-0.15, -0.1) is 0 Å². The van der Waals surface area contributed by atoms with Crippen molar-refractivity contribution in [1.29, 1.82) is 0 Å². The highest BCUT2D eigenvalue weighted by molar-refractivity contribution is 5.88. The maximum Gasteiger partial charge on any atom is 0.333 e. The first kappa shape index (κ1) is 27.7. The fourth-order valence-electron chi connectivity index (χ4n) is 4.29. The maximum atomic E-state index is 12.1. The number of esters is 1. The van der Waals surface area contributed by atoms with Crippen molar-refractivity contribution in [3.05, 3.63) is 58.2 Å². The summed E-state index contributed by atoms with van der Waals surface area (Å²) in [6, 6.07) is 3.92. The summed E-state index contributed by atoms with van der Waals surface area (Å²) < 4.78 is 16.6. The molecule has 2 atom stereocenters. The largest absolute Gasteiger partial charge is 0.497 e. The van der Waals surface area contributed by atoms with Crippen molar-refractivity contribution >= 4 is 5.97 Å². The average Bonchev–Trinajstić information content (AvgIpc) is 2.78. The summed E-state index contributed by atoms with van der Waals surface area (Å²) >= 11 is 0. The van der Waals surface area contributed by atoms with Gasteiger partial charge in [0.25, 0.3) is 0 Å². The van der Waals surface area contributed by atoms with E-state index in [0.29, 0.717) is 12.8 Å². The van der Waals surface area contributed by atoms with Gasteiger partial charge in [-0.1, -0.05) is 29.4 Å². The molecule has 0 unspecified atom stereocenters. The standard InChI is InChI=1S/C29H42O5/c1-20(2)11-8-14-23(28(31)33-7)15-9-12-21(3)13-10-16-29(5)26(30)19-24-18-25(32-6)17-22(4)27(24)34-29/h11,13,15,17-18,26,30H,8-10,12,14,16,19H2,1-7H3/b21-13+,23-15+/t26-,29-/m0/s1. The lowest BCUT2D eigenvalue weighted by molar-refractivity contribution is -0.136. The molecule has 1 N–H and O–H groups in total. The van der Waals surface area contributed by atoms with Crippen molar-refractivity contribution in [1.82, 2.24) is 0 Å². The van der Waals surface area contributed by atoms with Crippen molar-refractivity contribution in [2.24, 2.45) is 0 Å². The van der Waals surface area contributed by atoms with E-state index in [4.69, 9.17) is 14.2 Å². The lowest BCUT2D eigenvalue weighted by Crippen LogP contribution is -2.49. The number of carbonyl (C=O) groups is 1. The summed E-state index contributed by atoms with van der Waals surface area (Å²) in [5, 5.41) is 10.8. The SMILES string of the molecule is COC(=O)/C(=C/CC/C(C)=C/CC[C@]1(C)Oc2c(C)cc(OC)cc2C[C@@H]1O)CCC=C(C)C. The molecule has 1 aromatic rings. The van der Waals surface area contributed by atoms with Gasteiger partial charge in [0.2, 0.25) is 0 Å². The van der Waals surface area contributed by atoms with Crippen LogP contribution in [0.3, 0.4) is 0 Å². The van der Waals surface area contributed by atoms with Crippen LogP contribution in [-0.2, 0) is 16.0 Å². The Morgan fingerprint density at radius 1 is 1.12 bits per heavy atom. The summed E-state index contributed by atoms with van der Waals surface area (Å²) in [5.74, 6) is 1.41. The van der Waals surface area contributed by atoms with Crippen LogP contribution < -0.4 is 9.47 Å². The Bertz CT molecular complexity index is 936. The van der Waals surface area contributed by atoms with Gasteiger partial charge < -0.3 is 19.3 Å². The molecular formula is C29H42O5. The second kappa shape index (κ2) is 12.8. The minimum atomic E-state index is -0.633. The lowest BCUT2D eigenvalue weighted by atomic mass is 9.85. The summed E-state index contributed by atoms with van der Waals surface area (Å²) in [6.45, 7) is 10.2. The second-order valence-corrected chi connectivity index (χ2v) is 9.74. The number of allylic oxidation sites excluding steroid dienone is 5. The first-order valence-electron chi connectivity index (χ1n) is 12.2. The molecule has 0 saturated heterocycles. The zero-order valence-electron chi connectivity index (χ0n) is 22.0. The normalized spacial score (nSPS) is 20.3. The Balaban J connectivity index is 1.94. The average molecular weight is 471 g/mol. The number of carbonyl (C=O) groups excluding carboxylic acids is 1. The Morgan fingerprint density at radius 3 is 2.47 bits per heavy atom. The zero-order valence-corrected chi connectivity index (χ0v) is 22.0. The molecule has 2 rings (SSSR count). The van der Waals surface area contributed by atoms with E-state index in [0.717, 1.165) is 60.3 Å². The quantitative estimate of drug-likeness (QED) is 0.230. The molecule has 0 radical (unpaired) electrons. The van der Waals surface area contributed by atoms with E-state index >= 15 is 0 Å². The molecule has 0 bridgehead atoms. The third kappa shape index (κ3) is 7.76. The Hall–Kier alpha value is -2.53. The molecule has 0 amide bonds. The van der Waals surface area contributed by atoms with E-state index in [-0.39, 0.29) is 5.97 Å². The summed E-state index contributed by atoms with van der Waals surface area (Å²) in [6.07, 6.45) is 11.1. The van der Waals surface area contributed by atoms with Gasteiger partial charge in [-0.2, -0.15) is 0 Å². The topological polar surface area (TPSA) is 65.0 Å². The fourth-order valence-corrected chi connectivity index (χ4v) is 4.29. The first-order valence-corrected chi connectivity index (χ1v) is 12.2. The molecule has 0 spiro atoms. The minimum absolute atomic E-state index is 0.242. The van der Waals surface area contributed by atoms with Crippen LogP contribution in [0, 0.1) is 6.92 Å². The van der Waals surface area contributed by atoms with Gasteiger partial charge in [-0.3, -0.25) is 0 Å². The number of ether oxygens (including phenoxy) is 3. The number of hydrogen-bond acceptors (Lipinski definition) is 5. The van der Waals surface area contributed by atoms with Crippen molar-refractivity contribution in [3.63, 3.8) is 0 Å². The molecule has 1 aliphatic heterocycles. The number of aryl methyl sites for hydroxylation is 1. The van der Waals surface area contributed by atoms with Gasteiger partial charge in [-0.05, 0) is 90.8 Å². The number of fused-ring (bicyclic) bond motifs is 1. The maximum absolute atomic E-state index is 12.1. The third-order valence-electron chi connectivity index (χ3n) is 6.49. The Morgan fingerprint density at radius 2 is 1.82 bits per heavy atom.